The zero-order valence-electron chi connectivity index (χ0n) is 7.84. The number of nitro benzene ring substituents is 1. The highest BCUT2D eigenvalue weighted by atomic mass is 79.9. The van der Waals surface area contributed by atoms with E-state index in [2.05, 4.69) is 15.9 Å². The number of rotatable bonds is 4. The maximum absolute atomic E-state index is 10.7. The lowest BCUT2D eigenvalue weighted by molar-refractivity contribution is -0.385. The van der Waals surface area contributed by atoms with Gasteiger partial charge in [-0.1, -0.05) is 22.0 Å². The smallest absolute Gasteiger partial charge is 0.311 e. The van der Waals surface area contributed by atoms with E-state index in [1.165, 1.54) is 19.2 Å². The second-order valence-electron chi connectivity index (χ2n) is 2.73. The first-order valence-corrected chi connectivity index (χ1v) is 4.93. The molecule has 0 spiro atoms. The quantitative estimate of drug-likeness (QED) is 0.365. The SMILES string of the molecule is COc1ccc([C@H](Br)C=O)cc1[N+](=O)[O-]. The lowest BCUT2D eigenvalue weighted by Gasteiger charge is -2.05. The summed E-state index contributed by atoms with van der Waals surface area (Å²) < 4.78 is 4.83. The standard InChI is InChI=1S/C9H8BrNO4/c1-15-9-3-2-6(7(10)5-12)4-8(9)11(13)14/h2-5,7H,1H3/t7-/m1/s1. The first kappa shape index (κ1) is 11.6. The first-order valence-electron chi connectivity index (χ1n) is 4.02. The molecule has 1 aromatic rings. The zero-order chi connectivity index (χ0) is 11.4. The van der Waals surface area contributed by atoms with E-state index >= 15 is 0 Å². The number of hydrogen-bond donors (Lipinski definition) is 0. The van der Waals surface area contributed by atoms with Gasteiger partial charge >= 0.3 is 5.69 Å². The number of alkyl halides is 1. The predicted octanol–water partition coefficient (Wildman–Crippen LogP) is 2.24. The van der Waals surface area contributed by atoms with Crippen LogP contribution in [0.15, 0.2) is 18.2 Å². The number of carbonyl (C=O) groups is 1. The number of halogens is 1. The fraction of sp³-hybridized carbons (Fsp3) is 0.222. The van der Waals surface area contributed by atoms with E-state index in [0.717, 1.165) is 0 Å². The summed E-state index contributed by atoms with van der Waals surface area (Å²) in [6.07, 6.45) is 0.658. The molecule has 0 aliphatic carbocycles. The van der Waals surface area contributed by atoms with Crippen LogP contribution in [-0.2, 0) is 4.79 Å². The van der Waals surface area contributed by atoms with E-state index in [-0.39, 0.29) is 11.4 Å². The van der Waals surface area contributed by atoms with Crippen LogP contribution in [0.4, 0.5) is 5.69 Å². The maximum atomic E-state index is 10.7. The minimum Gasteiger partial charge on any atom is -0.490 e. The predicted molar refractivity (Wildman–Crippen MR) is 57.4 cm³/mol. The Balaban J connectivity index is 3.21. The van der Waals surface area contributed by atoms with Gasteiger partial charge in [-0.2, -0.15) is 0 Å². The highest BCUT2D eigenvalue weighted by Gasteiger charge is 2.17. The van der Waals surface area contributed by atoms with Gasteiger partial charge in [0.1, 0.15) is 6.29 Å². The number of carbonyl (C=O) groups excluding carboxylic acids is 1. The van der Waals surface area contributed by atoms with Crippen molar-refractivity contribution in [2.24, 2.45) is 0 Å². The molecule has 0 aliphatic rings. The van der Waals surface area contributed by atoms with Gasteiger partial charge in [-0.05, 0) is 11.6 Å². The number of hydrogen-bond acceptors (Lipinski definition) is 4. The van der Waals surface area contributed by atoms with E-state index in [1.807, 2.05) is 0 Å². The molecule has 0 bridgehead atoms. The van der Waals surface area contributed by atoms with Gasteiger partial charge in [0, 0.05) is 6.07 Å². The normalized spacial score (nSPS) is 11.9. The molecule has 6 heteroatoms. The molecule has 0 heterocycles. The van der Waals surface area contributed by atoms with Crippen molar-refractivity contribution in [3.05, 3.63) is 33.9 Å². The molecule has 0 fully saturated rings. The average molecular weight is 274 g/mol. The Kier molecular flexibility index (Phi) is 3.79. The van der Waals surface area contributed by atoms with Gasteiger partial charge in [-0.3, -0.25) is 10.1 Å². The molecular formula is C9H8BrNO4. The Morgan fingerprint density at radius 1 is 1.60 bits per heavy atom. The van der Waals surface area contributed by atoms with Crippen molar-refractivity contribution in [3.63, 3.8) is 0 Å². The third-order valence-electron chi connectivity index (χ3n) is 1.84. The topological polar surface area (TPSA) is 69.4 Å². The molecule has 80 valence electrons. The van der Waals surface area contributed by atoms with Crippen LogP contribution in [0.1, 0.15) is 10.4 Å². The van der Waals surface area contributed by atoms with Crippen molar-refractivity contribution in [2.75, 3.05) is 7.11 Å². The summed E-state index contributed by atoms with van der Waals surface area (Å²) >= 11 is 3.08. The van der Waals surface area contributed by atoms with E-state index in [0.29, 0.717) is 11.8 Å². The fourth-order valence-electron chi connectivity index (χ4n) is 1.10. The Morgan fingerprint density at radius 2 is 2.27 bits per heavy atom. The Bertz CT molecular complexity index is 394. The third kappa shape index (κ3) is 2.53. The van der Waals surface area contributed by atoms with Gasteiger partial charge < -0.3 is 9.53 Å². The molecule has 0 aromatic heterocycles. The summed E-state index contributed by atoms with van der Waals surface area (Å²) in [5.41, 5.74) is 0.374. The molecule has 5 nitrogen and oxygen atoms in total. The van der Waals surface area contributed by atoms with Crippen molar-refractivity contribution in [3.8, 4) is 5.75 Å². The largest absolute Gasteiger partial charge is 0.490 e. The molecule has 1 aromatic carbocycles. The fourth-order valence-corrected chi connectivity index (χ4v) is 1.38. The van der Waals surface area contributed by atoms with Crippen LogP contribution in [-0.4, -0.2) is 18.3 Å². The Morgan fingerprint density at radius 3 is 2.73 bits per heavy atom. The Labute approximate surface area is 94.3 Å². The summed E-state index contributed by atoms with van der Waals surface area (Å²) in [5, 5.41) is 10.7. The number of aldehydes is 1. The van der Waals surface area contributed by atoms with Crippen LogP contribution < -0.4 is 4.74 Å². The minimum absolute atomic E-state index is 0.152. The van der Waals surface area contributed by atoms with Crippen molar-refractivity contribution in [1.29, 1.82) is 0 Å². The van der Waals surface area contributed by atoms with Gasteiger partial charge in [0.25, 0.3) is 0 Å². The number of methoxy groups -OCH3 is 1. The highest BCUT2D eigenvalue weighted by Crippen LogP contribution is 2.31. The number of nitrogens with zero attached hydrogens (tertiary/aromatic N) is 1. The monoisotopic (exact) mass is 273 g/mol. The molecule has 15 heavy (non-hydrogen) atoms. The number of ether oxygens (including phenoxy) is 1. The molecule has 0 N–H and O–H groups in total. The third-order valence-corrected chi connectivity index (χ3v) is 2.58. The van der Waals surface area contributed by atoms with Crippen molar-refractivity contribution in [1.82, 2.24) is 0 Å². The van der Waals surface area contributed by atoms with Crippen LogP contribution in [0, 0.1) is 10.1 Å². The molecular weight excluding hydrogens is 266 g/mol. The summed E-state index contributed by atoms with van der Waals surface area (Å²) in [4.78, 5) is 20.1. The van der Waals surface area contributed by atoms with Crippen LogP contribution >= 0.6 is 15.9 Å². The summed E-state index contributed by atoms with van der Waals surface area (Å²) in [5.74, 6) is 0.175. The van der Waals surface area contributed by atoms with Gasteiger partial charge in [0.2, 0.25) is 0 Å². The molecule has 1 rings (SSSR count). The second-order valence-corrected chi connectivity index (χ2v) is 3.71. The number of benzene rings is 1. The van der Waals surface area contributed by atoms with E-state index in [9.17, 15) is 14.9 Å². The van der Waals surface area contributed by atoms with E-state index in [1.54, 1.807) is 6.07 Å². The van der Waals surface area contributed by atoms with E-state index < -0.39 is 9.75 Å². The van der Waals surface area contributed by atoms with Gasteiger partial charge in [0.05, 0.1) is 16.9 Å². The average Bonchev–Trinajstić information content (AvgIpc) is 2.27. The second kappa shape index (κ2) is 4.88. The van der Waals surface area contributed by atoms with Crippen LogP contribution in [0.25, 0.3) is 0 Å². The Hall–Kier alpha value is -1.43. The lowest BCUT2D eigenvalue weighted by atomic mass is 10.1. The molecule has 0 amide bonds. The molecule has 1 atom stereocenters. The summed E-state index contributed by atoms with van der Waals surface area (Å²) in [6.45, 7) is 0. The lowest BCUT2D eigenvalue weighted by Crippen LogP contribution is -1.97. The molecule has 0 saturated carbocycles. The van der Waals surface area contributed by atoms with E-state index in [4.69, 9.17) is 4.74 Å². The van der Waals surface area contributed by atoms with Gasteiger partial charge in [-0.25, -0.2) is 0 Å². The van der Waals surface area contributed by atoms with Crippen LogP contribution in [0.5, 0.6) is 5.75 Å². The van der Waals surface area contributed by atoms with Gasteiger partial charge in [0.15, 0.2) is 5.75 Å². The zero-order valence-corrected chi connectivity index (χ0v) is 9.43. The van der Waals surface area contributed by atoms with Crippen LogP contribution in [0.2, 0.25) is 0 Å². The summed E-state index contributed by atoms with van der Waals surface area (Å²) in [7, 11) is 1.35. The molecule has 0 radical (unpaired) electrons. The first-order chi connectivity index (χ1) is 7.10. The maximum Gasteiger partial charge on any atom is 0.311 e. The molecule has 0 saturated heterocycles. The minimum atomic E-state index is -0.549. The number of nitro groups is 1. The highest BCUT2D eigenvalue weighted by molar-refractivity contribution is 9.09. The van der Waals surface area contributed by atoms with Crippen molar-refractivity contribution < 1.29 is 14.5 Å². The van der Waals surface area contributed by atoms with Gasteiger partial charge in [-0.15, -0.1) is 0 Å². The molecule has 0 aliphatic heterocycles. The van der Waals surface area contributed by atoms with Crippen molar-refractivity contribution in [2.45, 2.75) is 4.83 Å². The van der Waals surface area contributed by atoms with Crippen molar-refractivity contribution >= 4 is 27.9 Å². The summed E-state index contributed by atoms with van der Waals surface area (Å²) in [6, 6.07) is 4.37. The van der Waals surface area contributed by atoms with Crippen LogP contribution in [0.3, 0.4) is 0 Å². The molecule has 0 unspecified atom stereocenters.